The van der Waals surface area contributed by atoms with E-state index in [1.165, 1.54) is 0 Å². The standard InChI is InChI=1S/C23H19BrN4O2/c24-18-9-10-21(27-14-18)28-23(30)19-4-2-1-3-17(19)13-20(29)15-5-7-16(8-6-15)22-25-11-12-26-22/h1-10,14H,11-13H2,(H,25,26)(H,27,28,30). The van der Waals surface area contributed by atoms with Gasteiger partial charge in [0.25, 0.3) is 5.91 Å². The number of amides is 1. The van der Waals surface area contributed by atoms with Crippen LogP contribution in [0, 0.1) is 0 Å². The maximum Gasteiger partial charge on any atom is 0.257 e. The maximum atomic E-state index is 12.8. The van der Waals surface area contributed by atoms with E-state index in [4.69, 9.17) is 0 Å². The number of rotatable bonds is 6. The number of hydrogen-bond acceptors (Lipinski definition) is 5. The van der Waals surface area contributed by atoms with Gasteiger partial charge >= 0.3 is 0 Å². The van der Waals surface area contributed by atoms with E-state index in [0.717, 1.165) is 29.0 Å². The number of anilines is 1. The zero-order valence-electron chi connectivity index (χ0n) is 16.1. The van der Waals surface area contributed by atoms with Crippen molar-refractivity contribution >= 4 is 39.3 Å². The first-order valence-electron chi connectivity index (χ1n) is 9.53. The number of benzene rings is 2. The van der Waals surface area contributed by atoms with Crippen molar-refractivity contribution in [2.75, 3.05) is 18.4 Å². The van der Waals surface area contributed by atoms with E-state index < -0.39 is 0 Å². The average molecular weight is 463 g/mol. The molecular weight excluding hydrogens is 444 g/mol. The predicted octanol–water partition coefficient (Wildman–Crippen LogP) is 3.87. The second-order valence-corrected chi connectivity index (χ2v) is 7.72. The molecule has 0 radical (unpaired) electrons. The van der Waals surface area contributed by atoms with Gasteiger partial charge in [0.2, 0.25) is 0 Å². The summed E-state index contributed by atoms with van der Waals surface area (Å²) < 4.78 is 0.827. The average Bonchev–Trinajstić information content (AvgIpc) is 3.31. The Hall–Kier alpha value is -3.32. The molecule has 3 aromatic rings. The van der Waals surface area contributed by atoms with Crippen molar-refractivity contribution in [3.63, 3.8) is 0 Å². The predicted molar refractivity (Wildman–Crippen MR) is 120 cm³/mol. The fourth-order valence-electron chi connectivity index (χ4n) is 3.21. The molecule has 0 fully saturated rings. The summed E-state index contributed by atoms with van der Waals surface area (Å²) in [6.07, 6.45) is 1.75. The van der Waals surface area contributed by atoms with Gasteiger partial charge in [-0.2, -0.15) is 0 Å². The second-order valence-electron chi connectivity index (χ2n) is 6.81. The van der Waals surface area contributed by atoms with Gasteiger partial charge < -0.3 is 10.6 Å². The molecule has 30 heavy (non-hydrogen) atoms. The minimum absolute atomic E-state index is 0.0510. The zero-order valence-corrected chi connectivity index (χ0v) is 17.6. The molecular formula is C23H19BrN4O2. The normalized spacial score (nSPS) is 12.8. The lowest BCUT2D eigenvalue weighted by atomic mass is 9.97. The Morgan fingerprint density at radius 2 is 1.83 bits per heavy atom. The Kier molecular flexibility index (Phi) is 5.99. The van der Waals surface area contributed by atoms with E-state index in [1.807, 2.05) is 18.2 Å². The van der Waals surface area contributed by atoms with E-state index in [2.05, 4.69) is 36.5 Å². The van der Waals surface area contributed by atoms with Gasteiger partial charge in [-0.15, -0.1) is 0 Å². The fraction of sp³-hybridized carbons (Fsp3) is 0.130. The van der Waals surface area contributed by atoms with E-state index in [-0.39, 0.29) is 18.1 Å². The summed E-state index contributed by atoms with van der Waals surface area (Å²) in [4.78, 5) is 34.1. The van der Waals surface area contributed by atoms with E-state index >= 15 is 0 Å². The summed E-state index contributed by atoms with van der Waals surface area (Å²) in [5.74, 6) is 0.958. The molecule has 2 N–H and O–H groups in total. The molecule has 0 aliphatic carbocycles. The molecule has 0 spiro atoms. The molecule has 150 valence electrons. The minimum atomic E-state index is -0.297. The van der Waals surface area contributed by atoms with E-state index in [1.54, 1.807) is 48.7 Å². The second kappa shape index (κ2) is 9.00. The quantitative estimate of drug-likeness (QED) is 0.544. The van der Waals surface area contributed by atoms with Crippen LogP contribution in [0.4, 0.5) is 5.82 Å². The van der Waals surface area contributed by atoms with Gasteiger partial charge in [0, 0.05) is 40.3 Å². The van der Waals surface area contributed by atoms with Gasteiger partial charge in [0.05, 0.1) is 6.54 Å². The number of Topliss-reactive ketones (excluding diaryl/α,β-unsaturated/α-hetero) is 1. The van der Waals surface area contributed by atoms with Gasteiger partial charge in [0.1, 0.15) is 11.7 Å². The summed E-state index contributed by atoms with van der Waals surface area (Å²) in [5, 5.41) is 5.99. The molecule has 1 aromatic heterocycles. The van der Waals surface area contributed by atoms with Crippen molar-refractivity contribution in [1.82, 2.24) is 10.3 Å². The molecule has 0 unspecified atom stereocenters. The first kappa shape index (κ1) is 20.0. The first-order chi connectivity index (χ1) is 14.6. The molecule has 6 nitrogen and oxygen atoms in total. The topological polar surface area (TPSA) is 83.5 Å². The van der Waals surface area contributed by atoms with Gasteiger partial charge in [0.15, 0.2) is 5.78 Å². The number of nitrogens with zero attached hydrogens (tertiary/aromatic N) is 2. The number of hydrogen-bond donors (Lipinski definition) is 2. The third kappa shape index (κ3) is 4.63. The summed E-state index contributed by atoms with van der Waals surface area (Å²) in [7, 11) is 0. The van der Waals surface area contributed by atoms with Crippen LogP contribution in [-0.4, -0.2) is 35.6 Å². The molecule has 0 saturated heterocycles. The van der Waals surface area contributed by atoms with Crippen LogP contribution in [0.5, 0.6) is 0 Å². The lowest BCUT2D eigenvalue weighted by Crippen LogP contribution is -2.19. The number of aliphatic imine (C=N–C) groups is 1. The highest BCUT2D eigenvalue weighted by atomic mass is 79.9. The number of ketones is 1. The van der Waals surface area contributed by atoms with Crippen molar-refractivity contribution in [2.45, 2.75) is 6.42 Å². The Labute approximate surface area is 182 Å². The molecule has 7 heteroatoms. The monoisotopic (exact) mass is 462 g/mol. The SMILES string of the molecule is O=C(Cc1ccccc1C(=O)Nc1ccc(Br)cn1)c1ccc(C2=NCCN2)cc1. The fourth-order valence-corrected chi connectivity index (χ4v) is 3.44. The summed E-state index contributed by atoms with van der Waals surface area (Å²) in [6.45, 7) is 1.61. The lowest BCUT2D eigenvalue weighted by Gasteiger charge is -2.10. The smallest absolute Gasteiger partial charge is 0.257 e. The number of aromatic nitrogens is 1. The number of nitrogens with one attached hydrogen (secondary N) is 2. The van der Waals surface area contributed by atoms with E-state index in [0.29, 0.717) is 22.5 Å². The third-order valence-corrected chi connectivity index (χ3v) is 5.21. The highest BCUT2D eigenvalue weighted by Gasteiger charge is 2.16. The van der Waals surface area contributed by atoms with E-state index in [9.17, 15) is 9.59 Å². The van der Waals surface area contributed by atoms with Crippen molar-refractivity contribution in [3.05, 3.63) is 93.6 Å². The third-order valence-electron chi connectivity index (χ3n) is 4.74. The van der Waals surface area contributed by atoms with Gasteiger partial charge in [-0.1, -0.05) is 42.5 Å². The molecule has 0 bridgehead atoms. The maximum absolute atomic E-state index is 12.8. The largest absolute Gasteiger partial charge is 0.368 e. The Bertz CT molecular complexity index is 1110. The number of carbonyl (C=O) groups excluding carboxylic acids is 2. The zero-order chi connectivity index (χ0) is 20.9. The van der Waals surface area contributed by atoms with Gasteiger partial charge in [-0.25, -0.2) is 4.98 Å². The number of carbonyl (C=O) groups is 2. The van der Waals surface area contributed by atoms with Crippen LogP contribution in [0.25, 0.3) is 0 Å². The van der Waals surface area contributed by atoms with Gasteiger partial charge in [-0.05, 0) is 39.7 Å². The molecule has 2 aromatic carbocycles. The Balaban J connectivity index is 1.48. The van der Waals surface area contributed by atoms with Crippen LogP contribution >= 0.6 is 15.9 Å². The molecule has 4 rings (SSSR count). The van der Waals surface area contributed by atoms with Crippen molar-refractivity contribution in [2.24, 2.45) is 4.99 Å². The lowest BCUT2D eigenvalue weighted by molar-refractivity contribution is 0.0992. The van der Waals surface area contributed by atoms with Crippen molar-refractivity contribution in [1.29, 1.82) is 0 Å². The molecule has 1 aliphatic heterocycles. The summed E-state index contributed by atoms with van der Waals surface area (Å²) >= 11 is 3.32. The van der Waals surface area contributed by atoms with Crippen LogP contribution in [0.2, 0.25) is 0 Å². The van der Waals surface area contributed by atoms with Crippen LogP contribution < -0.4 is 10.6 Å². The van der Waals surface area contributed by atoms with Crippen molar-refractivity contribution in [3.8, 4) is 0 Å². The number of halogens is 1. The highest BCUT2D eigenvalue weighted by molar-refractivity contribution is 9.10. The summed E-state index contributed by atoms with van der Waals surface area (Å²) in [5.41, 5.74) is 2.69. The summed E-state index contributed by atoms with van der Waals surface area (Å²) in [6, 6.07) is 18.0. The Morgan fingerprint density at radius 1 is 1.03 bits per heavy atom. The molecule has 2 heterocycles. The van der Waals surface area contributed by atoms with Crippen LogP contribution in [0.3, 0.4) is 0 Å². The minimum Gasteiger partial charge on any atom is -0.368 e. The molecule has 0 saturated carbocycles. The first-order valence-corrected chi connectivity index (χ1v) is 10.3. The van der Waals surface area contributed by atoms with Crippen LogP contribution in [0.1, 0.15) is 31.8 Å². The molecule has 1 aliphatic rings. The van der Waals surface area contributed by atoms with Gasteiger partial charge in [-0.3, -0.25) is 14.6 Å². The molecule has 0 atom stereocenters. The van der Waals surface area contributed by atoms with Crippen LogP contribution in [-0.2, 0) is 6.42 Å². The number of pyridine rings is 1. The van der Waals surface area contributed by atoms with Crippen molar-refractivity contribution < 1.29 is 9.59 Å². The van der Waals surface area contributed by atoms with Crippen LogP contribution in [0.15, 0.2) is 76.3 Å². The molecule has 1 amide bonds. The highest BCUT2D eigenvalue weighted by Crippen LogP contribution is 2.17. The Morgan fingerprint density at radius 3 is 2.53 bits per heavy atom. The number of amidine groups is 1.